The number of carbonyl (C=O) groups is 1. The second-order valence-electron chi connectivity index (χ2n) is 6.60. The Morgan fingerprint density at radius 2 is 1.89 bits per heavy atom. The van der Waals surface area contributed by atoms with Gasteiger partial charge in [0.15, 0.2) is 15.0 Å². The second kappa shape index (κ2) is 7.66. The highest BCUT2D eigenvalue weighted by Gasteiger charge is 2.13. The molecule has 0 saturated heterocycles. The number of carbonyl (C=O) groups excluding carboxylic acids is 1. The summed E-state index contributed by atoms with van der Waals surface area (Å²) in [6.45, 7) is 4.75. The lowest BCUT2D eigenvalue weighted by Crippen LogP contribution is -2.11. The minimum atomic E-state index is -3.29. The molecular weight excluding hydrogens is 384 g/mol. The van der Waals surface area contributed by atoms with Gasteiger partial charge in [-0.3, -0.25) is 10.1 Å². The number of anilines is 1. The Morgan fingerprint density at radius 3 is 2.52 bits per heavy atom. The average Bonchev–Trinajstić information content (AvgIpc) is 3.00. The summed E-state index contributed by atoms with van der Waals surface area (Å²) < 4.78 is 29.6. The summed E-state index contributed by atoms with van der Waals surface area (Å²) in [5, 5.41) is 3.17. The molecule has 0 unspecified atom stereocenters. The van der Waals surface area contributed by atoms with Gasteiger partial charge in [0.25, 0.3) is 5.91 Å². The van der Waals surface area contributed by atoms with Gasteiger partial charge in [-0.2, -0.15) is 0 Å². The van der Waals surface area contributed by atoms with Crippen molar-refractivity contribution in [2.75, 3.05) is 18.2 Å². The molecule has 0 fully saturated rings. The van der Waals surface area contributed by atoms with E-state index >= 15 is 0 Å². The Hall–Kier alpha value is -2.45. The number of thiazole rings is 1. The highest BCUT2D eigenvalue weighted by molar-refractivity contribution is 7.90. The number of hydrogen-bond donors (Lipinski definition) is 1. The van der Waals surface area contributed by atoms with Crippen LogP contribution in [-0.4, -0.2) is 32.2 Å². The van der Waals surface area contributed by atoms with Crippen LogP contribution in [0.2, 0.25) is 0 Å². The zero-order valence-corrected chi connectivity index (χ0v) is 16.9. The lowest BCUT2D eigenvalue weighted by molar-refractivity contribution is 0.102. The van der Waals surface area contributed by atoms with E-state index in [4.69, 9.17) is 4.74 Å². The zero-order chi connectivity index (χ0) is 19.6. The van der Waals surface area contributed by atoms with Crippen LogP contribution < -0.4 is 10.1 Å². The third kappa shape index (κ3) is 4.84. The molecule has 0 bridgehead atoms. The van der Waals surface area contributed by atoms with E-state index in [-0.39, 0.29) is 10.8 Å². The third-order valence-corrected chi connectivity index (χ3v) is 5.75. The largest absolute Gasteiger partial charge is 0.493 e. The Kier molecular flexibility index (Phi) is 5.48. The van der Waals surface area contributed by atoms with E-state index in [2.05, 4.69) is 24.1 Å². The fourth-order valence-electron chi connectivity index (χ4n) is 2.32. The number of benzene rings is 2. The van der Waals surface area contributed by atoms with E-state index in [9.17, 15) is 13.2 Å². The van der Waals surface area contributed by atoms with Gasteiger partial charge in [-0.15, -0.1) is 0 Å². The van der Waals surface area contributed by atoms with Gasteiger partial charge < -0.3 is 4.74 Å². The van der Waals surface area contributed by atoms with E-state index in [1.165, 1.54) is 17.4 Å². The average molecular weight is 405 g/mol. The predicted molar refractivity (Wildman–Crippen MR) is 107 cm³/mol. The van der Waals surface area contributed by atoms with E-state index < -0.39 is 9.84 Å². The molecule has 3 aromatic rings. The van der Waals surface area contributed by atoms with E-state index in [1.807, 2.05) is 0 Å². The maximum atomic E-state index is 12.4. The quantitative estimate of drug-likeness (QED) is 0.671. The molecule has 0 atom stereocenters. The van der Waals surface area contributed by atoms with Crippen LogP contribution in [0.15, 0.2) is 47.4 Å². The monoisotopic (exact) mass is 404 g/mol. The van der Waals surface area contributed by atoms with Crippen molar-refractivity contribution in [3.63, 3.8) is 0 Å². The predicted octanol–water partition coefficient (Wildman–Crippen LogP) is 3.99. The molecule has 27 heavy (non-hydrogen) atoms. The van der Waals surface area contributed by atoms with Gasteiger partial charge in [0.05, 0.1) is 21.7 Å². The molecule has 8 heteroatoms. The first-order valence-corrected chi connectivity index (χ1v) is 11.1. The molecule has 0 spiro atoms. The number of amides is 1. The molecule has 0 aliphatic heterocycles. The smallest absolute Gasteiger partial charge is 0.257 e. The Balaban J connectivity index is 1.73. The zero-order valence-electron chi connectivity index (χ0n) is 15.2. The summed E-state index contributed by atoms with van der Waals surface area (Å²) in [6, 6.07) is 11.6. The van der Waals surface area contributed by atoms with Crippen molar-refractivity contribution in [3.05, 3.63) is 48.0 Å². The molecule has 2 aromatic carbocycles. The van der Waals surface area contributed by atoms with Gasteiger partial charge in [-0.25, -0.2) is 13.4 Å². The van der Waals surface area contributed by atoms with Gasteiger partial charge in [0, 0.05) is 11.8 Å². The molecule has 6 nitrogen and oxygen atoms in total. The van der Waals surface area contributed by atoms with Crippen molar-refractivity contribution in [2.45, 2.75) is 18.7 Å². The fourth-order valence-corrected chi connectivity index (χ4v) is 3.95. The van der Waals surface area contributed by atoms with Crippen molar-refractivity contribution in [2.24, 2.45) is 5.92 Å². The standard InChI is InChI=1S/C19H20N2O4S2/c1-12(2)11-25-14-6-4-13(5-7-14)18(22)21-19-20-16-9-8-15(27(3,23)24)10-17(16)26-19/h4-10,12H,11H2,1-3H3,(H,20,21,22). The minimum Gasteiger partial charge on any atom is -0.493 e. The van der Waals surface area contributed by atoms with Crippen molar-refractivity contribution < 1.29 is 17.9 Å². The van der Waals surface area contributed by atoms with E-state index in [0.717, 1.165) is 6.26 Å². The number of rotatable bonds is 6. The number of aromatic nitrogens is 1. The first kappa shape index (κ1) is 19.3. The summed E-state index contributed by atoms with van der Waals surface area (Å²) >= 11 is 1.23. The Morgan fingerprint density at radius 1 is 1.19 bits per heavy atom. The fraction of sp³-hybridized carbons (Fsp3) is 0.263. The Labute approximate surface area is 162 Å². The van der Waals surface area contributed by atoms with Crippen LogP contribution in [0.25, 0.3) is 10.2 Å². The van der Waals surface area contributed by atoms with Gasteiger partial charge in [-0.1, -0.05) is 25.2 Å². The number of fused-ring (bicyclic) bond motifs is 1. The SMILES string of the molecule is CC(C)COc1ccc(C(=O)Nc2nc3ccc(S(C)(=O)=O)cc3s2)cc1. The number of ether oxygens (including phenoxy) is 1. The summed E-state index contributed by atoms with van der Waals surface area (Å²) in [5.74, 6) is 0.858. The maximum absolute atomic E-state index is 12.4. The van der Waals surface area contributed by atoms with Crippen molar-refractivity contribution in [3.8, 4) is 5.75 Å². The van der Waals surface area contributed by atoms with Crippen molar-refractivity contribution in [1.29, 1.82) is 0 Å². The topological polar surface area (TPSA) is 85.4 Å². The molecule has 1 aromatic heterocycles. The molecule has 0 aliphatic carbocycles. The summed E-state index contributed by atoms with van der Waals surface area (Å²) in [7, 11) is -3.29. The number of sulfone groups is 1. The van der Waals surface area contributed by atoms with Crippen LogP contribution >= 0.6 is 11.3 Å². The first-order valence-electron chi connectivity index (χ1n) is 8.37. The molecule has 3 rings (SSSR count). The lowest BCUT2D eigenvalue weighted by atomic mass is 10.2. The lowest BCUT2D eigenvalue weighted by Gasteiger charge is -2.09. The van der Waals surface area contributed by atoms with Crippen LogP contribution in [0.1, 0.15) is 24.2 Å². The van der Waals surface area contributed by atoms with Gasteiger partial charge in [-0.05, 0) is 48.4 Å². The molecule has 0 saturated carbocycles. The highest BCUT2D eigenvalue weighted by Crippen LogP contribution is 2.28. The number of nitrogens with one attached hydrogen (secondary N) is 1. The van der Waals surface area contributed by atoms with Crippen LogP contribution in [0.3, 0.4) is 0 Å². The molecular formula is C19H20N2O4S2. The third-order valence-electron chi connectivity index (χ3n) is 3.71. The van der Waals surface area contributed by atoms with Gasteiger partial charge in [0.2, 0.25) is 0 Å². The van der Waals surface area contributed by atoms with E-state index in [1.54, 1.807) is 36.4 Å². The van der Waals surface area contributed by atoms with Crippen molar-refractivity contribution in [1.82, 2.24) is 4.98 Å². The number of nitrogens with zero attached hydrogens (tertiary/aromatic N) is 1. The minimum absolute atomic E-state index is 0.230. The summed E-state index contributed by atoms with van der Waals surface area (Å²) in [6.07, 6.45) is 1.16. The summed E-state index contributed by atoms with van der Waals surface area (Å²) in [4.78, 5) is 17.0. The van der Waals surface area contributed by atoms with Crippen molar-refractivity contribution >= 4 is 42.4 Å². The van der Waals surface area contributed by atoms with Crippen LogP contribution in [-0.2, 0) is 9.84 Å². The first-order chi connectivity index (χ1) is 12.7. The molecule has 1 N–H and O–H groups in total. The van der Waals surface area contributed by atoms with Gasteiger partial charge in [0.1, 0.15) is 5.75 Å². The number of hydrogen-bond acceptors (Lipinski definition) is 6. The Bertz CT molecular complexity index is 1070. The molecule has 0 aliphatic rings. The molecule has 0 radical (unpaired) electrons. The normalized spacial score (nSPS) is 11.7. The van der Waals surface area contributed by atoms with Gasteiger partial charge >= 0.3 is 0 Å². The maximum Gasteiger partial charge on any atom is 0.257 e. The summed E-state index contributed by atoms with van der Waals surface area (Å²) in [5.41, 5.74) is 1.13. The molecule has 142 valence electrons. The molecule has 1 heterocycles. The second-order valence-corrected chi connectivity index (χ2v) is 9.65. The molecule has 1 amide bonds. The van der Waals surface area contributed by atoms with Crippen LogP contribution in [0.4, 0.5) is 5.13 Å². The van der Waals surface area contributed by atoms with Crippen LogP contribution in [0.5, 0.6) is 5.75 Å². The van der Waals surface area contributed by atoms with Crippen LogP contribution in [0, 0.1) is 5.92 Å². The highest BCUT2D eigenvalue weighted by atomic mass is 32.2. The van der Waals surface area contributed by atoms with E-state index in [0.29, 0.717) is 39.2 Å².